The molecule has 6 heteroatoms. The number of furan rings is 1. The maximum atomic E-state index is 12.4. The molecule has 130 valence electrons. The van der Waals surface area contributed by atoms with Gasteiger partial charge in [-0.05, 0) is 23.8 Å². The number of nitrogens with zero attached hydrogens (tertiary/aromatic N) is 3. The van der Waals surface area contributed by atoms with Gasteiger partial charge < -0.3 is 14.2 Å². The normalized spacial score (nSPS) is 21.6. The lowest BCUT2D eigenvalue weighted by molar-refractivity contribution is -0.158. The molecule has 2 amide bonds. The molecule has 2 aromatic rings. The molecule has 0 radical (unpaired) electrons. The van der Waals surface area contributed by atoms with Crippen LogP contribution in [0.3, 0.4) is 0 Å². The molecule has 0 N–H and O–H groups in total. The maximum Gasteiger partial charge on any atom is 0.246 e. The highest BCUT2D eigenvalue weighted by Gasteiger charge is 2.41. The summed E-state index contributed by atoms with van der Waals surface area (Å²) < 4.78 is 5.46. The van der Waals surface area contributed by atoms with Crippen molar-refractivity contribution in [3.8, 4) is 11.3 Å². The summed E-state index contributed by atoms with van der Waals surface area (Å²) in [6.45, 7) is 2.93. The molecule has 4 rings (SSSR count). The van der Waals surface area contributed by atoms with Crippen molar-refractivity contribution in [1.82, 2.24) is 14.7 Å². The van der Waals surface area contributed by atoms with Gasteiger partial charge >= 0.3 is 0 Å². The van der Waals surface area contributed by atoms with Crippen LogP contribution in [0, 0.1) is 0 Å². The van der Waals surface area contributed by atoms with Gasteiger partial charge in [0.25, 0.3) is 0 Å². The molecule has 6 nitrogen and oxygen atoms in total. The number of hydrogen-bond acceptors (Lipinski definition) is 4. The third kappa shape index (κ3) is 3.05. The second-order valence-corrected chi connectivity index (χ2v) is 6.71. The van der Waals surface area contributed by atoms with E-state index in [4.69, 9.17) is 4.42 Å². The summed E-state index contributed by atoms with van der Waals surface area (Å²) in [6, 6.07) is 11.7. The Morgan fingerprint density at radius 1 is 1.16 bits per heavy atom. The van der Waals surface area contributed by atoms with E-state index in [2.05, 4.69) is 17.0 Å². The highest BCUT2D eigenvalue weighted by Crippen LogP contribution is 2.23. The molecule has 0 saturated carbocycles. The molecule has 3 heterocycles. The van der Waals surface area contributed by atoms with Gasteiger partial charge in [-0.2, -0.15) is 0 Å². The van der Waals surface area contributed by atoms with Gasteiger partial charge in [-0.15, -0.1) is 0 Å². The molecule has 0 bridgehead atoms. The molecular weight excluding hydrogens is 318 g/mol. The van der Waals surface area contributed by atoms with Gasteiger partial charge in [0.15, 0.2) is 0 Å². The average molecular weight is 339 g/mol. The molecular formula is C19H21N3O3. The van der Waals surface area contributed by atoms with E-state index in [1.807, 2.05) is 24.3 Å². The molecule has 0 unspecified atom stereocenters. The first-order chi connectivity index (χ1) is 12.1. The Kier molecular flexibility index (Phi) is 4.05. The third-order valence-corrected chi connectivity index (χ3v) is 4.96. The lowest BCUT2D eigenvalue weighted by Gasteiger charge is -2.45. The fourth-order valence-corrected chi connectivity index (χ4v) is 3.64. The van der Waals surface area contributed by atoms with Gasteiger partial charge in [0.2, 0.25) is 11.8 Å². The van der Waals surface area contributed by atoms with E-state index in [9.17, 15) is 9.59 Å². The lowest BCUT2D eigenvalue weighted by atomic mass is 10.0. The molecule has 1 atom stereocenters. The summed E-state index contributed by atoms with van der Waals surface area (Å²) >= 11 is 0. The Morgan fingerprint density at radius 3 is 2.84 bits per heavy atom. The van der Waals surface area contributed by atoms with E-state index in [0.717, 1.165) is 24.4 Å². The number of fused-ring (bicyclic) bond motifs is 1. The first-order valence-electron chi connectivity index (χ1n) is 8.51. The molecule has 1 aromatic carbocycles. The minimum absolute atomic E-state index is 0.0358. The van der Waals surface area contributed by atoms with E-state index in [1.54, 1.807) is 18.2 Å². The van der Waals surface area contributed by atoms with Crippen LogP contribution in [-0.4, -0.2) is 65.8 Å². The summed E-state index contributed by atoms with van der Waals surface area (Å²) in [5.74, 6) is 0.932. The van der Waals surface area contributed by atoms with Crippen molar-refractivity contribution in [3.63, 3.8) is 0 Å². The topological polar surface area (TPSA) is 57.0 Å². The highest BCUT2D eigenvalue weighted by atomic mass is 16.3. The van der Waals surface area contributed by atoms with Gasteiger partial charge in [0.1, 0.15) is 11.8 Å². The average Bonchev–Trinajstić information content (AvgIpc) is 3.15. The number of amides is 2. The van der Waals surface area contributed by atoms with Crippen LogP contribution in [0.2, 0.25) is 0 Å². The van der Waals surface area contributed by atoms with Crippen molar-refractivity contribution in [1.29, 1.82) is 0 Å². The zero-order valence-electron chi connectivity index (χ0n) is 14.2. The summed E-state index contributed by atoms with van der Waals surface area (Å²) in [4.78, 5) is 30.0. The van der Waals surface area contributed by atoms with E-state index in [0.29, 0.717) is 13.1 Å². The Balaban J connectivity index is 1.48. The van der Waals surface area contributed by atoms with E-state index < -0.39 is 0 Å². The summed E-state index contributed by atoms with van der Waals surface area (Å²) in [5, 5.41) is 0. The zero-order chi connectivity index (χ0) is 17.4. The van der Waals surface area contributed by atoms with Crippen LogP contribution in [0.5, 0.6) is 0 Å². The summed E-state index contributed by atoms with van der Waals surface area (Å²) in [5.41, 5.74) is 2.22. The zero-order valence-corrected chi connectivity index (χ0v) is 14.2. The Hall–Kier alpha value is -2.60. The predicted molar refractivity (Wildman–Crippen MR) is 92.6 cm³/mol. The maximum absolute atomic E-state index is 12.4. The number of hydrogen-bond donors (Lipinski definition) is 0. The molecule has 25 heavy (non-hydrogen) atoms. The second kappa shape index (κ2) is 6.37. The number of likely N-dealkylation sites (N-methyl/N-ethyl adjacent to an activating group) is 1. The predicted octanol–water partition coefficient (Wildman–Crippen LogP) is 1.43. The Labute approximate surface area is 146 Å². The second-order valence-electron chi connectivity index (χ2n) is 6.71. The first-order valence-corrected chi connectivity index (χ1v) is 8.51. The SMILES string of the molecule is CN1CC(=O)N2CCN(Cc3cccc(-c4ccco4)c3)C[C@@H]2C1=O. The molecule has 2 aliphatic rings. The van der Waals surface area contributed by atoms with Crippen molar-refractivity contribution in [2.45, 2.75) is 12.6 Å². The molecule has 2 saturated heterocycles. The summed E-state index contributed by atoms with van der Waals surface area (Å²) in [7, 11) is 1.70. The number of benzene rings is 1. The molecule has 0 spiro atoms. The van der Waals surface area contributed by atoms with Crippen molar-refractivity contribution in [2.24, 2.45) is 0 Å². The monoisotopic (exact) mass is 339 g/mol. The first kappa shape index (κ1) is 15.9. The van der Waals surface area contributed by atoms with Crippen molar-refractivity contribution >= 4 is 11.8 Å². The van der Waals surface area contributed by atoms with Gasteiger partial charge in [0.05, 0.1) is 12.8 Å². The number of rotatable bonds is 3. The standard InChI is InChI=1S/C19H21N3O3/c1-20-13-18(23)22-8-7-21(12-16(22)19(20)24)11-14-4-2-5-15(10-14)17-6-3-9-25-17/h2-6,9-10,16H,7-8,11-13H2,1H3/t16-/m1/s1. The van der Waals surface area contributed by atoms with Crippen LogP contribution >= 0.6 is 0 Å². The van der Waals surface area contributed by atoms with Gasteiger partial charge in [0, 0.05) is 38.8 Å². The number of carbonyl (C=O) groups excluding carboxylic acids is 2. The molecule has 1 aromatic heterocycles. The largest absolute Gasteiger partial charge is 0.464 e. The molecule has 2 fully saturated rings. The van der Waals surface area contributed by atoms with E-state index in [1.165, 1.54) is 10.5 Å². The van der Waals surface area contributed by atoms with Crippen LogP contribution in [-0.2, 0) is 16.1 Å². The number of carbonyl (C=O) groups is 2. The van der Waals surface area contributed by atoms with Crippen molar-refractivity contribution < 1.29 is 14.0 Å². The minimum Gasteiger partial charge on any atom is -0.464 e. The fourth-order valence-electron chi connectivity index (χ4n) is 3.64. The van der Waals surface area contributed by atoms with Crippen LogP contribution < -0.4 is 0 Å². The van der Waals surface area contributed by atoms with Crippen LogP contribution in [0.25, 0.3) is 11.3 Å². The van der Waals surface area contributed by atoms with Gasteiger partial charge in [-0.25, -0.2) is 0 Å². The summed E-state index contributed by atoms with van der Waals surface area (Å²) in [6.07, 6.45) is 1.67. The van der Waals surface area contributed by atoms with Crippen LogP contribution in [0.15, 0.2) is 47.1 Å². The molecule has 2 aliphatic heterocycles. The van der Waals surface area contributed by atoms with Gasteiger partial charge in [-0.3, -0.25) is 14.5 Å². The van der Waals surface area contributed by atoms with Crippen LogP contribution in [0.1, 0.15) is 5.56 Å². The van der Waals surface area contributed by atoms with Crippen molar-refractivity contribution in [3.05, 3.63) is 48.2 Å². The third-order valence-electron chi connectivity index (χ3n) is 4.96. The molecule has 0 aliphatic carbocycles. The smallest absolute Gasteiger partial charge is 0.246 e. The number of piperazine rings is 2. The van der Waals surface area contributed by atoms with E-state index >= 15 is 0 Å². The van der Waals surface area contributed by atoms with Crippen molar-refractivity contribution in [2.75, 3.05) is 33.2 Å². The quantitative estimate of drug-likeness (QED) is 0.849. The Morgan fingerprint density at radius 2 is 2.04 bits per heavy atom. The Bertz CT molecular complexity index is 787. The minimum atomic E-state index is -0.353. The fraction of sp³-hybridized carbons (Fsp3) is 0.368. The highest BCUT2D eigenvalue weighted by molar-refractivity contribution is 5.95. The van der Waals surface area contributed by atoms with Gasteiger partial charge in [-0.1, -0.05) is 18.2 Å². The lowest BCUT2D eigenvalue weighted by Crippen LogP contribution is -2.65. The van der Waals surface area contributed by atoms with Crippen LogP contribution in [0.4, 0.5) is 0 Å². The van der Waals surface area contributed by atoms with E-state index in [-0.39, 0.29) is 24.4 Å².